The van der Waals surface area contributed by atoms with E-state index in [1.165, 1.54) is 38.5 Å². The van der Waals surface area contributed by atoms with Gasteiger partial charge in [0.05, 0.1) is 0 Å². The highest BCUT2D eigenvalue weighted by molar-refractivity contribution is 6.35. The van der Waals surface area contributed by atoms with Gasteiger partial charge in [-0.05, 0) is 6.42 Å². The van der Waals surface area contributed by atoms with Gasteiger partial charge in [0.2, 0.25) is 0 Å². The molecule has 0 spiro atoms. The molecule has 0 aliphatic rings. The monoisotopic (exact) mass is 268 g/mol. The first-order chi connectivity index (χ1) is 9.22. The molecule has 0 fully saturated rings. The van der Waals surface area contributed by atoms with Gasteiger partial charge in [0.25, 0.3) is 0 Å². The molecule has 0 aromatic carbocycles. The van der Waals surface area contributed by atoms with E-state index in [-0.39, 0.29) is 0 Å². The summed E-state index contributed by atoms with van der Waals surface area (Å²) in [5.41, 5.74) is 0. The smallest absolute Gasteiger partial charge is 0.309 e. The fourth-order valence-electron chi connectivity index (χ4n) is 1.79. The Morgan fingerprint density at radius 2 is 1.42 bits per heavy atom. The van der Waals surface area contributed by atoms with Gasteiger partial charge in [-0.2, -0.15) is 0 Å². The molecule has 4 heteroatoms. The van der Waals surface area contributed by atoms with E-state index < -0.39 is 11.8 Å². The van der Waals surface area contributed by atoms with Crippen molar-refractivity contribution in [3.05, 3.63) is 12.7 Å². The molecule has 0 aliphatic heterocycles. The van der Waals surface area contributed by atoms with Crippen molar-refractivity contribution in [3.63, 3.8) is 0 Å². The van der Waals surface area contributed by atoms with Crippen LogP contribution in [0.4, 0.5) is 0 Å². The zero-order valence-electron chi connectivity index (χ0n) is 12.2. The van der Waals surface area contributed by atoms with Crippen LogP contribution in [0.25, 0.3) is 0 Å². The Kier molecular flexibility index (Phi) is 12.2. The third-order valence-corrected chi connectivity index (χ3v) is 2.93. The molecule has 0 aromatic rings. The van der Waals surface area contributed by atoms with E-state index in [4.69, 9.17) is 0 Å². The largest absolute Gasteiger partial charge is 0.348 e. The number of hydrogen-bond acceptors (Lipinski definition) is 2. The standard InChI is InChI=1S/C15H28N2O2/c1-3-5-6-7-8-9-10-11-13-17-15(19)14(18)16-12-4-2/h4H,2-3,5-13H2,1H3,(H,16,18)(H,17,19). The zero-order valence-corrected chi connectivity index (χ0v) is 12.2. The van der Waals surface area contributed by atoms with Crippen molar-refractivity contribution in [3.8, 4) is 0 Å². The Morgan fingerprint density at radius 1 is 0.895 bits per heavy atom. The average molecular weight is 268 g/mol. The van der Waals surface area contributed by atoms with E-state index in [9.17, 15) is 9.59 Å². The van der Waals surface area contributed by atoms with Crippen molar-refractivity contribution in [2.45, 2.75) is 58.3 Å². The van der Waals surface area contributed by atoms with Crippen LogP contribution in [0.3, 0.4) is 0 Å². The predicted molar refractivity (Wildman–Crippen MR) is 78.8 cm³/mol. The number of nitrogens with one attached hydrogen (secondary N) is 2. The molecule has 0 aliphatic carbocycles. The Hall–Kier alpha value is -1.32. The van der Waals surface area contributed by atoms with Crippen molar-refractivity contribution in [1.82, 2.24) is 10.6 Å². The molecule has 0 atom stereocenters. The molecule has 2 N–H and O–H groups in total. The summed E-state index contributed by atoms with van der Waals surface area (Å²) in [6.45, 7) is 6.59. The second kappa shape index (κ2) is 13.1. The quantitative estimate of drug-likeness (QED) is 0.344. The van der Waals surface area contributed by atoms with Gasteiger partial charge in [0, 0.05) is 13.1 Å². The second-order valence-corrected chi connectivity index (χ2v) is 4.73. The number of carbonyl (C=O) groups excluding carboxylic acids is 2. The molecule has 19 heavy (non-hydrogen) atoms. The lowest BCUT2D eigenvalue weighted by atomic mass is 10.1. The van der Waals surface area contributed by atoms with Gasteiger partial charge in [0.1, 0.15) is 0 Å². The van der Waals surface area contributed by atoms with Gasteiger partial charge in [-0.1, -0.05) is 57.9 Å². The Balaban J connectivity index is 3.31. The van der Waals surface area contributed by atoms with Crippen LogP contribution in [0.15, 0.2) is 12.7 Å². The minimum atomic E-state index is -0.584. The van der Waals surface area contributed by atoms with Gasteiger partial charge in [0.15, 0.2) is 0 Å². The number of carbonyl (C=O) groups is 2. The second-order valence-electron chi connectivity index (χ2n) is 4.73. The van der Waals surface area contributed by atoms with Crippen LogP contribution in [0.1, 0.15) is 58.3 Å². The van der Waals surface area contributed by atoms with Crippen LogP contribution < -0.4 is 10.6 Å². The summed E-state index contributed by atoms with van der Waals surface area (Å²) in [6.07, 6.45) is 11.3. The van der Waals surface area contributed by atoms with Gasteiger partial charge in [-0.25, -0.2) is 0 Å². The number of amides is 2. The highest BCUT2D eigenvalue weighted by atomic mass is 16.2. The van der Waals surface area contributed by atoms with Crippen LogP contribution in [0, 0.1) is 0 Å². The molecule has 0 radical (unpaired) electrons. The van der Waals surface area contributed by atoms with E-state index in [1.807, 2.05) is 0 Å². The van der Waals surface area contributed by atoms with Crippen molar-refractivity contribution in [1.29, 1.82) is 0 Å². The number of unbranched alkanes of at least 4 members (excludes halogenated alkanes) is 7. The summed E-state index contributed by atoms with van der Waals surface area (Å²) in [6, 6.07) is 0. The van der Waals surface area contributed by atoms with E-state index in [0.29, 0.717) is 13.1 Å². The molecule has 110 valence electrons. The lowest BCUT2D eigenvalue weighted by Gasteiger charge is -2.05. The van der Waals surface area contributed by atoms with Crippen molar-refractivity contribution in [2.75, 3.05) is 13.1 Å². The molecule has 0 saturated heterocycles. The minimum absolute atomic E-state index is 0.323. The van der Waals surface area contributed by atoms with Gasteiger partial charge in [-0.3, -0.25) is 9.59 Å². The first-order valence-electron chi connectivity index (χ1n) is 7.39. The highest BCUT2D eigenvalue weighted by Gasteiger charge is 2.10. The SMILES string of the molecule is C=CCNC(=O)C(=O)NCCCCCCCCCC. The van der Waals surface area contributed by atoms with Crippen LogP contribution in [0.2, 0.25) is 0 Å². The molecule has 0 saturated carbocycles. The third kappa shape index (κ3) is 11.5. The van der Waals surface area contributed by atoms with Crippen LogP contribution in [-0.2, 0) is 9.59 Å². The fourth-order valence-corrected chi connectivity index (χ4v) is 1.79. The summed E-state index contributed by atoms with van der Waals surface area (Å²) >= 11 is 0. The molecule has 2 amide bonds. The normalized spacial score (nSPS) is 9.95. The van der Waals surface area contributed by atoms with E-state index in [2.05, 4.69) is 24.1 Å². The molecular weight excluding hydrogens is 240 g/mol. The predicted octanol–water partition coefficient (Wildman–Crippen LogP) is 2.55. The molecule has 0 heterocycles. The maximum Gasteiger partial charge on any atom is 0.309 e. The highest BCUT2D eigenvalue weighted by Crippen LogP contribution is 2.07. The Bertz CT molecular complexity index is 265. The first-order valence-corrected chi connectivity index (χ1v) is 7.39. The molecule has 4 nitrogen and oxygen atoms in total. The van der Waals surface area contributed by atoms with Gasteiger partial charge < -0.3 is 10.6 Å². The first kappa shape index (κ1) is 17.7. The summed E-state index contributed by atoms with van der Waals surface area (Å²) in [7, 11) is 0. The molecule has 0 unspecified atom stereocenters. The van der Waals surface area contributed by atoms with E-state index in [0.717, 1.165) is 12.8 Å². The summed E-state index contributed by atoms with van der Waals surface area (Å²) in [4.78, 5) is 22.5. The molecule has 0 rings (SSSR count). The molecular formula is C15H28N2O2. The average Bonchev–Trinajstić information content (AvgIpc) is 2.42. The maximum absolute atomic E-state index is 11.3. The summed E-state index contributed by atoms with van der Waals surface area (Å²) in [5.74, 6) is -1.13. The van der Waals surface area contributed by atoms with Crippen LogP contribution in [-0.4, -0.2) is 24.9 Å². The lowest BCUT2D eigenvalue weighted by Crippen LogP contribution is -2.40. The lowest BCUT2D eigenvalue weighted by molar-refractivity contribution is -0.139. The van der Waals surface area contributed by atoms with E-state index in [1.54, 1.807) is 6.08 Å². The van der Waals surface area contributed by atoms with Crippen molar-refractivity contribution < 1.29 is 9.59 Å². The van der Waals surface area contributed by atoms with Crippen LogP contribution >= 0.6 is 0 Å². The van der Waals surface area contributed by atoms with Gasteiger partial charge in [-0.15, -0.1) is 6.58 Å². The summed E-state index contributed by atoms with van der Waals surface area (Å²) in [5, 5.41) is 5.06. The number of rotatable bonds is 11. The van der Waals surface area contributed by atoms with E-state index >= 15 is 0 Å². The Morgan fingerprint density at radius 3 is 2.00 bits per heavy atom. The Labute approximate surface area is 117 Å². The van der Waals surface area contributed by atoms with Crippen molar-refractivity contribution >= 4 is 11.8 Å². The number of hydrogen-bond donors (Lipinski definition) is 2. The third-order valence-electron chi connectivity index (χ3n) is 2.93. The maximum atomic E-state index is 11.3. The van der Waals surface area contributed by atoms with Gasteiger partial charge >= 0.3 is 11.8 Å². The minimum Gasteiger partial charge on any atom is -0.348 e. The van der Waals surface area contributed by atoms with Crippen LogP contribution in [0.5, 0.6) is 0 Å². The summed E-state index contributed by atoms with van der Waals surface area (Å²) < 4.78 is 0. The van der Waals surface area contributed by atoms with Crippen molar-refractivity contribution in [2.24, 2.45) is 0 Å². The molecule has 0 bridgehead atoms. The topological polar surface area (TPSA) is 58.2 Å². The fraction of sp³-hybridized carbons (Fsp3) is 0.733. The molecule has 0 aromatic heterocycles. The zero-order chi connectivity index (χ0) is 14.3.